The third kappa shape index (κ3) is 2.81. The Balaban J connectivity index is 1.84. The molecule has 3 amide bonds. The molecule has 0 unspecified atom stereocenters. The van der Waals surface area contributed by atoms with Gasteiger partial charge in [-0.15, -0.1) is 0 Å². The lowest BCUT2D eigenvalue weighted by Crippen LogP contribution is -2.45. The predicted octanol–water partition coefficient (Wildman–Crippen LogP) is 2.53. The van der Waals surface area contributed by atoms with Crippen molar-refractivity contribution in [3.05, 3.63) is 69.3 Å². The van der Waals surface area contributed by atoms with Gasteiger partial charge in [-0.05, 0) is 31.5 Å². The molecule has 1 N–H and O–H groups in total. The van der Waals surface area contributed by atoms with Crippen LogP contribution in [0.3, 0.4) is 0 Å². The van der Waals surface area contributed by atoms with Crippen LogP contribution in [-0.2, 0) is 4.79 Å². The lowest BCUT2D eigenvalue weighted by atomic mass is 10.1. The fourth-order valence-electron chi connectivity index (χ4n) is 2.77. The van der Waals surface area contributed by atoms with Crippen LogP contribution < -0.4 is 5.32 Å². The van der Waals surface area contributed by atoms with Crippen LogP contribution in [0, 0.1) is 17.0 Å². The molecule has 2 aromatic carbocycles. The molecule has 0 spiro atoms. The number of benzene rings is 2. The summed E-state index contributed by atoms with van der Waals surface area (Å²) in [5.41, 5.74) is 1.22. The molecular formula is C18H15N3O5. The van der Waals surface area contributed by atoms with Gasteiger partial charge >= 0.3 is 0 Å². The molecule has 2 aromatic rings. The van der Waals surface area contributed by atoms with E-state index < -0.39 is 28.7 Å². The maximum atomic E-state index is 12.5. The Bertz CT molecular complexity index is 919. The second-order valence-corrected chi connectivity index (χ2v) is 5.95. The van der Waals surface area contributed by atoms with Crippen LogP contribution >= 0.6 is 0 Å². The van der Waals surface area contributed by atoms with Gasteiger partial charge in [-0.2, -0.15) is 0 Å². The number of imide groups is 1. The standard InChI is InChI=1S/C18H15N3O5/c1-10-7-8-12(21(25)26)9-15(10)19-16(22)11(2)20-17(23)13-5-3-4-6-14(13)18(20)24/h3-9,11H,1-2H3,(H,19,22)/t11-/m0/s1. The van der Waals surface area contributed by atoms with E-state index in [0.717, 1.165) is 4.90 Å². The number of nitrogens with one attached hydrogen (secondary N) is 1. The van der Waals surface area contributed by atoms with E-state index in [9.17, 15) is 24.5 Å². The number of hydrogen-bond donors (Lipinski definition) is 1. The Labute approximate surface area is 148 Å². The van der Waals surface area contributed by atoms with Gasteiger partial charge in [0.1, 0.15) is 6.04 Å². The number of hydrogen-bond acceptors (Lipinski definition) is 5. The summed E-state index contributed by atoms with van der Waals surface area (Å²) in [4.78, 5) is 48.7. The van der Waals surface area contributed by atoms with Crippen LogP contribution in [0.25, 0.3) is 0 Å². The number of rotatable bonds is 4. The van der Waals surface area contributed by atoms with E-state index in [1.54, 1.807) is 19.1 Å². The van der Waals surface area contributed by atoms with Crippen molar-refractivity contribution in [2.75, 3.05) is 5.32 Å². The normalized spacial score (nSPS) is 14.2. The Morgan fingerprint density at radius 2 is 1.69 bits per heavy atom. The minimum absolute atomic E-state index is 0.167. The minimum Gasteiger partial charge on any atom is -0.324 e. The second kappa shape index (κ2) is 6.40. The largest absolute Gasteiger partial charge is 0.324 e. The summed E-state index contributed by atoms with van der Waals surface area (Å²) in [6, 6.07) is 9.37. The maximum Gasteiger partial charge on any atom is 0.271 e. The molecule has 8 nitrogen and oxygen atoms in total. The van der Waals surface area contributed by atoms with Gasteiger partial charge in [0.25, 0.3) is 17.5 Å². The smallest absolute Gasteiger partial charge is 0.271 e. The Kier molecular flexibility index (Phi) is 4.25. The van der Waals surface area contributed by atoms with Crippen LogP contribution in [0.1, 0.15) is 33.2 Å². The van der Waals surface area contributed by atoms with Crippen molar-refractivity contribution >= 4 is 29.1 Å². The number of aryl methyl sites for hydroxylation is 1. The van der Waals surface area contributed by atoms with Crippen LogP contribution in [0.15, 0.2) is 42.5 Å². The highest BCUT2D eigenvalue weighted by atomic mass is 16.6. The molecule has 0 fully saturated rings. The van der Waals surface area contributed by atoms with E-state index in [1.165, 1.54) is 37.3 Å². The van der Waals surface area contributed by atoms with Crippen molar-refractivity contribution in [3.8, 4) is 0 Å². The van der Waals surface area contributed by atoms with E-state index in [-0.39, 0.29) is 22.5 Å². The zero-order valence-electron chi connectivity index (χ0n) is 14.1. The Morgan fingerprint density at radius 3 is 2.23 bits per heavy atom. The highest BCUT2D eigenvalue weighted by Crippen LogP contribution is 2.26. The molecule has 8 heteroatoms. The van der Waals surface area contributed by atoms with Gasteiger partial charge in [0.2, 0.25) is 5.91 Å². The fraction of sp³-hybridized carbons (Fsp3) is 0.167. The molecule has 3 rings (SSSR count). The zero-order chi connectivity index (χ0) is 19.0. The third-order valence-corrected chi connectivity index (χ3v) is 4.28. The molecule has 0 aromatic heterocycles. The molecule has 0 saturated carbocycles. The van der Waals surface area contributed by atoms with Crippen molar-refractivity contribution in [3.63, 3.8) is 0 Å². The van der Waals surface area contributed by atoms with E-state index in [0.29, 0.717) is 5.56 Å². The monoisotopic (exact) mass is 353 g/mol. The third-order valence-electron chi connectivity index (χ3n) is 4.28. The molecule has 0 radical (unpaired) electrons. The first-order chi connectivity index (χ1) is 12.3. The minimum atomic E-state index is -1.07. The average molecular weight is 353 g/mol. The summed E-state index contributed by atoms with van der Waals surface area (Å²) < 4.78 is 0. The number of anilines is 1. The molecule has 1 atom stereocenters. The van der Waals surface area contributed by atoms with Crippen molar-refractivity contribution in [2.45, 2.75) is 19.9 Å². The van der Waals surface area contributed by atoms with Gasteiger partial charge in [0.05, 0.1) is 21.7 Å². The fourth-order valence-corrected chi connectivity index (χ4v) is 2.77. The van der Waals surface area contributed by atoms with Gasteiger partial charge in [0.15, 0.2) is 0 Å². The summed E-state index contributed by atoms with van der Waals surface area (Å²) in [5.74, 6) is -1.68. The number of nitro groups is 1. The summed E-state index contributed by atoms with van der Waals surface area (Å²) >= 11 is 0. The summed E-state index contributed by atoms with van der Waals surface area (Å²) in [7, 11) is 0. The first-order valence-corrected chi connectivity index (χ1v) is 7.84. The summed E-state index contributed by atoms with van der Waals surface area (Å²) in [5, 5.41) is 13.5. The van der Waals surface area contributed by atoms with E-state index in [4.69, 9.17) is 0 Å². The van der Waals surface area contributed by atoms with Crippen LogP contribution in [-0.4, -0.2) is 33.6 Å². The first-order valence-electron chi connectivity index (χ1n) is 7.84. The SMILES string of the molecule is Cc1ccc([N+](=O)[O-])cc1NC(=O)[C@H](C)N1C(=O)c2ccccc2C1=O. The highest BCUT2D eigenvalue weighted by molar-refractivity contribution is 6.23. The lowest BCUT2D eigenvalue weighted by molar-refractivity contribution is -0.384. The van der Waals surface area contributed by atoms with Gasteiger partial charge in [-0.25, -0.2) is 0 Å². The van der Waals surface area contributed by atoms with Crippen molar-refractivity contribution in [1.29, 1.82) is 0 Å². The average Bonchev–Trinajstić information content (AvgIpc) is 2.87. The number of fused-ring (bicyclic) bond motifs is 1. The predicted molar refractivity (Wildman–Crippen MR) is 92.9 cm³/mol. The molecule has 0 saturated heterocycles. The summed E-state index contributed by atoms with van der Waals surface area (Å²) in [6.45, 7) is 3.12. The Hall–Kier alpha value is -3.55. The van der Waals surface area contributed by atoms with Gasteiger partial charge in [0, 0.05) is 12.1 Å². The van der Waals surface area contributed by atoms with E-state index in [1.807, 2.05) is 0 Å². The van der Waals surface area contributed by atoms with E-state index in [2.05, 4.69) is 5.32 Å². The highest BCUT2D eigenvalue weighted by Gasteiger charge is 2.40. The van der Waals surface area contributed by atoms with Gasteiger partial charge < -0.3 is 5.32 Å². The molecule has 1 aliphatic rings. The molecule has 1 heterocycles. The van der Waals surface area contributed by atoms with Crippen molar-refractivity contribution < 1.29 is 19.3 Å². The quantitative estimate of drug-likeness (QED) is 0.516. The van der Waals surface area contributed by atoms with Crippen molar-refractivity contribution in [1.82, 2.24) is 4.90 Å². The number of non-ortho nitro benzene ring substituents is 1. The lowest BCUT2D eigenvalue weighted by Gasteiger charge is -2.22. The number of carbonyl (C=O) groups excluding carboxylic acids is 3. The first kappa shape index (κ1) is 17.3. The molecule has 1 aliphatic heterocycles. The van der Waals surface area contributed by atoms with Crippen molar-refractivity contribution in [2.24, 2.45) is 0 Å². The molecular weight excluding hydrogens is 338 g/mol. The number of amides is 3. The number of nitro benzene ring substituents is 1. The van der Waals surface area contributed by atoms with Gasteiger partial charge in [-0.1, -0.05) is 18.2 Å². The van der Waals surface area contributed by atoms with E-state index >= 15 is 0 Å². The second-order valence-electron chi connectivity index (χ2n) is 5.95. The van der Waals surface area contributed by atoms with Gasteiger partial charge in [-0.3, -0.25) is 29.4 Å². The topological polar surface area (TPSA) is 110 Å². The van der Waals surface area contributed by atoms with Crippen LogP contribution in [0.5, 0.6) is 0 Å². The Morgan fingerprint density at radius 1 is 1.12 bits per heavy atom. The molecule has 26 heavy (non-hydrogen) atoms. The van der Waals surface area contributed by atoms with Crippen LogP contribution in [0.4, 0.5) is 11.4 Å². The molecule has 0 aliphatic carbocycles. The maximum absolute atomic E-state index is 12.5. The number of nitrogens with zero attached hydrogens (tertiary/aromatic N) is 2. The molecule has 0 bridgehead atoms. The number of carbonyl (C=O) groups is 3. The zero-order valence-corrected chi connectivity index (χ0v) is 14.1. The molecule has 132 valence electrons. The van der Waals surface area contributed by atoms with Crippen LogP contribution in [0.2, 0.25) is 0 Å². The summed E-state index contributed by atoms with van der Waals surface area (Å²) in [6.07, 6.45) is 0.